The van der Waals surface area contributed by atoms with E-state index in [2.05, 4.69) is 5.32 Å². The molecule has 1 atom stereocenters. The van der Waals surface area contributed by atoms with Crippen LogP contribution in [0.25, 0.3) is 0 Å². The molecule has 0 aromatic rings. The van der Waals surface area contributed by atoms with E-state index in [1.165, 1.54) is 0 Å². The monoisotopic (exact) mass is 158 g/mol. The predicted molar refractivity (Wildman–Crippen MR) is 46.1 cm³/mol. The topological polar surface area (TPSA) is 55.1 Å². The zero-order valence-electron chi connectivity index (χ0n) is 7.55. The molecule has 0 saturated heterocycles. The van der Waals surface area contributed by atoms with Crippen molar-refractivity contribution >= 4 is 5.91 Å². The average Bonchev–Trinajstić information content (AvgIpc) is 1.98. The van der Waals surface area contributed by atoms with Gasteiger partial charge < -0.3 is 11.1 Å². The first-order valence-corrected chi connectivity index (χ1v) is 4.07. The van der Waals surface area contributed by atoms with Gasteiger partial charge in [0.1, 0.15) is 0 Å². The summed E-state index contributed by atoms with van der Waals surface area (Å²) in [6, 6.07) is 0. The van der Waals surface area contributed by atoms with Gasteiger partial charge in [0.05, 0.1) is 0 Å². The van der Waals surface area contributed by atoms with Gasteiger partial charge in [-0.3, -0.25) is 4.79 Å². The Morgan fingerprint density at radius 2 is 2.00 bits per heavy atom. The van der Waals surface area contributed by atoms with E-state index in [1.807, 2.05) is 20.8 Å². The number of nitrogens with one attached hydrogen (secondary N) is 1. The molecule has 0 saturated carbocycles. The Morgan fingerprint density at radius 3 is 2.36 bits per heavy atom. The van der Waals surface area contributed by atoms with E-state index >= 15 is 0 Å². The van der Waals surface area contributed by atoms with Crippen LogP contribution in [-0.4, -0.2) is 19.0 Å². The molecule has 66 valence electrons. The van der Waals surface area contributed by atoms with Gasteiger partial charge in [0.25, 0.3) is 0 Å². The Kier molecular flexibility index (Phi) is 4.86. The van der Waals surface area contributed by atoms with Crippen LogP contribution in [0.3, 0.4) is 0 Å². The minimum Gasteiger partial charge on any atom is -0.355 e. The third-order valence-corrected chi connectivity index (χ3v) is 1.86. The third kappa shape index (κ3) is 3.98. The van der Waals surface area contributed by atoms with E-state index in [1.54, 1.807) is 0 Å². The quantitative estimate of drug-likeness (QED) is 0.620. The van der Waals surface area contributed by atoms with Crippen molar-refractivity contribution in [2.45, 2.75) is 20.8 Å². The number of hydrogen-bond donors (Lipinski definition) is 2. The normalized spacial score (nSPS) is 13.2. The molecular weight excluding hydrogens is 140 g/mol. The van der Waals surface area contributed by atoms with Crippen LogP contribution in [0.5, 0.6) is 0 Å². The molecule has 0 aliphatic heterocycles. The second-order valence-electron chi connectivity index (χ2n) is 3.11. The molecule has 11 heavy (non-hydrogen) atoms. The van der Waals surface area contributed by atoms with Gasteiger partial charge in [-0.2, -0.15) is 0 Å². The summed E-state index contributed by atoms with van der Waals surface area (Å²) in [5, 5.41) is 2.75. The van der Waals surface area contributed by atoms with Gasteiger partial charge >= 0.3 is 0 Å². The molecule has 3 N–H and O–H groups in total. The maximum atomic E-state index is 11.2. The lowest BCUT2D eigenvalue weighted by Gasteiger charge is -2.14. The van der Waals surface area contributed by atoms with Crippen molar-refractivity contribution in [3.63, 3.8) is 0 Å². The van der Waals surface area contributed by atoms with Crippen LogP contribution in [0.1, 0.15) is 20.8 Å². The molecule has 1 unspecified atom stereocenters. The van der Waals surface area contributed by atoms with Crippen molar-refractivity contribution in [1.29, 1.82) is 0 Å². The minimum absolute atomic E-state index is 0.0848. The van der Waals surface area contributed by atoms with Crippen molar-refractivity contribution in [2.24, 2.45) is 17.6 Å². The lowest BCUT2D eigenvalue weighted by atomic mass is 9.97. The maximum absolute atomic E-state index is 11.2. The number of rotatable bonds is 4. The third-order valence-electron chi connectivity index (χ3n) is 1.86. The molecule has 3 heteroatoms. The van der Waals surface area contributed by atoms with Gasteiger partial charge in [-0.25, -0.2) is 0 Å². The molecule has 3 nitrogen and oxygen atoms in total. The molecule has 0 aliphatic carbocycles. The van der Waals surface area contributed by atoms with Crippen LogP contribution in [0.15, 0.2) is 0 Å². The van der Waals surface area contributed by atoms with Crippen LogP contribution < -0.4 is 11.1 Å². The predicted octanol–water partition coefficient (Wildman–Crippen LogP) is 0.353. The Labute approximate surface area is 68.3 Å². The molecule has 0 fully saturated rings. The molecule has 0 bridgehead atoms. The number of carbonyl (C=O) groups excluding carboxylic acids is 1. The van der Waals surface area contributed by atoms with Gasteiger partial charge in [0, 0.05) is 19.0 Å². The lowest BCUT2D eigenvalue weighted by molar-refractivity contribution is -0.125. The Hall–Kier alpha value is -0.570. The van der Waals surface area contributed by atoms with E-state index in [0.29, 0.717) is 19.0 Å². The largest absolute Gasteiger partial charge is 0.355 e. The first kappa shape index (κ1) is 10.4. The van der Waals surface area contributed by atoms with E-state index in [-0.39, 0.29) is 11.8 Å². The summed E-state index contributed by atoms with van der Waals surface area (Å²) in [4.78, 5) is 11.2. The zero-order valence-corrected chi connectivity index (χ0v) is 7.55. The Morgan fingerprint density at radius 1 is 1.45 bits per heavy atom. The zero-order chi connectivity index (χ0) is 8.85. The molecule has 0 rings (SSSR count). The highest BCUT2D eigenvalue weighted by Gasteiger charge is 2.14. The Bertz CT molecular complexity index is 123. The summed E-state index contributed by atoms with van der Waals surface area (Å²) in [5.74, 6) is 0.583. The van der Waals surface area contributed by atoms with Crippen molar-refractivity contribution < 1.29 is 4.79 Å². The lowest BCUT2D eigenvalue weighted by Crippen LogP contribution is -2.35. The van der Waals surface area contributed by atoms with E-state index < -0.39 is 0 Å². The molecule has 0 heterocycles. The molecule has 0 spiro atoms. The number of amides is 1. The summed E-state index contributed by atoms with van der Waals surface area (Å²) in [6.45, 7) is 7.09. The standard InChI is InChI=1S/C8H18N2O/c1-6(2)7(3)8(11)10-5-4-9/h6-7H,4-5,9H2,1-3H3,(H,10,11). The van der Waals surface area contributed by atoms with Gasteiger partial charge in [0.15, 0.2) is 0 Å². The smallest absolute Gasteiger partial charge is 0.223 e. The fourth-order valence-electron chi connectivity index (χ4n) is 0.659. The molecular formula is C8H18N2O. The highest BCUT2D eigenvalue weighted by molar-refractivity contribution is 5.78. The van der Waals surface area contributed by atoms with E-state index in [9.17, 15) is 4.79 Å². The van der Waals surface area contributed by atoms with Crippen molar-refractivity contribution in [1.82, 2.24) is 5.32 Å². The second-order valence-corrected chi connectivity index (χ2v) is 3.11. The van der Waals surface area contributed by atoms with Gasteiger partial charge in [-0.15, -0.1) is 0 Å². The molecule has 0 radical (unpaired) electrons. The molecule has 0 aromatic carbocycles. The van der Waals surface area contributed by atoms with Crippen LogP contribution in [0.2, 0.25) is 0 Å². The van der Waals surface area contributed by atoms with Gasteiger partial charge in [0.2, 0.25) is 5.91 Å². The van der Waals surface area contributed by atoms with E-state index in [0.717, 1.165) is 0 Å². The summed E-state index contributed by atoms with van der Waals surface area (Å²) in [6.07, 6.45) is 0. The van der Waals surface area contributed by atoms with E-state index in [4.69, 9.17) is 5.73 Å². The number of nitrogens with two attached hydrogens (primary N) is 1. The average molecular weight is 158 g/mol. The van der Waals surface area contributed by atoms with Gasteiger partial charge in [-0.05, 0) is 5.92 Å². The summed E-state index contributed by atoms with van der Waals surface area (Å²) >= 11 is 0. The van der Waals surface area contributed by atoms with Crippen LogP contribution in [-0.2, 0) is 4.79 Å². The number of hydrogen-bond acceptors (Lipinski definition) is 2. The maximum Gasteiger partial charge on any atom is 0.223 e. The molecule has 1 amide bonds. The van der Waals surface area contributed by atoms with Crippen LogP contribution in [0, 0.1) is 11.8 Å². The molecule has 0 aliphatic rings. The summed E-state index contributed by atoms with van der Waals surface area (Å²) < 4.78 is 0. The Balaban J connectivity index is 3.64. The van der Waals surface area contributed by atoms with Crippen LogP contribution >= 0.6 is 0 Å². The summed E-state index contributed by atoms with van der Waals surface area (Å²) in [7, 11) is 0. The SMILES string of the molecule is CC(C)C(C)C(=O)NCCN. The molecule has 0 aromatic heterocycles. The van der Waals surface area contributed by atoms with Crippen molar-refractivity contribution in [3.05, 3.63) is 0 Å². The van der Waals surface area contributed by atoms with Gasteiger partial charge in [-0.1, -0.05) is 20.8 Å². The van der Waals surface area contributed by atoms with Crippen LogP contribution in [0.4, 0.5) is 0 Å². The highest BCUT2D eigenvalue weighted by Crippen LogP contribution is 2.08. The number of carbonyl (C=O) groups is 1. The minimum atomic E-state index is 0.0848. The second kappa shape index (κ2) is 5.13. The highest BCUT2D eigenvalue weighted by atomic mass is 16.1. The first-order valence-electron chi connectivity index (χ1n) is 4.07. The fraction of sp³-hybridized carbons (Fsp3) is 0.875. The first-order chi connectivity index (χ1) is 5.09. The van der Waals surface area contributed by atoms with Crippen molar-refractivity contribution in [3.8, 4) is 0 Å². The summed E-state index contributed by atoms with van der Waals surface area (Å²) in [5.41, 5.74) is 5.24. The fourth-order valence-corrected chi connectivity index (χ4v) is 0.659. The van der Waals surface area contributed by atoms with Crippen molar-refractivity contribution in [2.75, 3.05) is 13.1 Å².